The first-order valence-electron chi connectivity index (χ1n) is 9.80. The minimum absolute atomic E-state index is 0.0466. The molecule has 0 N–H and O–H groups in total. The summed E-state index contributed by atoms with van der Waals surface area (Å²) in [5.74, 6) is -0.915. The molecule has 0 saturated carbocycles. The summed E-state index contributed by atoms with van der Waals surface area (Å²) >= 11 is 0. The zero-order valence-electron chi connectivity index (χ0n) is 16.8. The number of carbonyl (C=O) groups excluding carboxylic acids is 1. The second-order valence-electron chi connectivity index (χ2n) is 7.35. The number of methoxy groups -OCH3 is 1. The van der Waals surface area contributed by atoms with E-state index >= 15 is 0 Å². The van der Waals surface area contributed by atoms with E-state index in [1.165, 1.54) is 18.3 Å². The van der Waals surface area contributed by atoms with Gasteiger partial charge in [-0.25, -0.2) is 0 Å². The van der Waals surface area contributed by atoms with E-state index in [1.54, 1.807) is 48.5 Å². The summed E-state index contributed by atoms with van der Waals surface area (Å²) in [4.78, 5) is 15.1. The Balaban J connectivity index is 1.62. The fraction of sp³-hybridized carbons (Fsp3) is 0.227. The van der Waals surface area contributed by atoms with Gasteiger partial charge in [0.15, 0.2) is 5.82 Å². The highest BCUT2D eigenvalue weighted by Gasteiger charge is 2.43. The first-order valence-corrected chi connectivity index (χ1v) is 9.80. The second kappa shape index (κ2) is 7.40. The predicted molar refractivity (Wildman–Crippen MR) is 107 cm³/mol. The normalized spacial score (nSPS) is 16.2. The third-order valence-electron chi connectivity index (χ3n) is 5.53. The number of alkyl halides is 3. The molecule has 2 aromatic carbocycles. The van der Waals surface area contributed by atoms with Crippen LogP contribution in [-0.4, -0.2) is 39.2 Å². The number of hydrogen-bond donors (Lipinski definition) is 0. The highest BCUT2D eigenvalue weighted by Crippen LogP contribution is 2.37. The molecule has 0 aliphatic carbocycles. The Morgan fingerprint density at radius 1 is 1.12 bits per heavy atom. The quantitative estimate of drug-likeness (QED) is 0.473. The number of fused-ring (bicyclic) bond motifs is 2. The molecule has 0 saturated heterocycles. The van der Waals surface area contributed by atoms with Gasteiger partial charge in [-0.05, 0) is 23.8 Å². The molecule has 2 aromatic heterocycles. The maximum absolute atomic E-state index is 13.6. The molecule has 10 heteroatoms. The zero-order valence-corrected chi connectivity index (χ0v) is 16.8. The highest BCUT2D eigenvalue weighted by molar-refractivity contribution is 6.00. The fourth-order valence-corrected chi connectivity index (χ4v) is 4.10. The number of amides is 1. The molecule has 1 atom stereocenters. The van der Waals surface area contributed by atoms with Crippen LogP contribution < -0.4 is 4.74 Å². The molecule has 164 valence electrons. The van der Waals surface area contributed by atoms with Gasteiger partial charge in [0.05, 0.1) is 18.8 Å². The summed E-state index contributed by atoms with van der Waals surface area (Å²) in [6.07, 6.45) is -3.15. The Bertz CT molecular complexity index is 1300. The van der Waals surface area contributed by atoms with E-state index in [2.05, 4.69) is 10.2 Å². The van der Waals surface area contributed by atoms with Crippen LogP contribution >= 0.6 is 0 Å². The van der Waals surface area contributed by atoms with Gasteiger partial charge in [0.2, 0.25) is 5.82 Å². The van der Waals surface area contributed by atoms with Crippen LogP contribution in [0.3, 0.4) is 0 Å². The molecule has 1 unspecified atom stereocenters. The van der Waals surface area contributed by atoms with Crippen LogP contribution in [0.1, 0.15) is 33.6 Å². The molecule has 0 radical (unpaired) electrons. The van der Waals surface area contributed by atoms with Gasteiger partial charge in [-0.15, -0.1) is 10.2 Å². The molecular weight excluding hydrogens is 425 g/mol. The minimum Gasteiger partial charge on any atom is -0.496 e. The Kier molecular flexibility index (Phi) is 4.65. The van der Waals surface area contributed by atoms with E-state index in [-0.39, 0.29) is 24.8 Å². The van der Waals surface area contributed by atoms with Crippen molar-refractivity contribution in [2.45, 2.75) is 18.8 Å². The van der Waals surface area contributed by atoms with Gasteiger partial charge in [-0.1, -0.05) is 30.3 Å². The lowest BCUT2D eigenvalue weighted by Crippen LogP contribution is -2.43. The maximum Gasteiger partial charge on any atom is 0.451 e. The third-order valence-corrected chi connectivity index (χ3v) is 5.53. The minimum atomic E-state index is -4.64. The summed E-state index contributed by atoms with van der Waals surface area (Å²) in [5.41, 5.74) is 1.41. The van der Waals surface area contributed by atoms with Gasteiger partial charge in [0, 0.05) is 18.7 Å². The van der Waals surface area contributed by atoms with Crippen LogP contribution in [0.25, 0.3) is 11.0 Å². The monoisotopic (exact) mass is 442 g/mol. The standard InChI is InChI=1S/C22H17F3N4O3/c1-31-16-11-14(12-17-15(16)7-10-32-17)20(30)28-8-9-29-19(26-27-21(29)22(23,24)25)18(28)13-5-3-2-4-6-13/h2-7,10-12,18H,8-9H2,1H3. The summed E-state index contributed by atoms with van der Waals surface area (Å²) in [6.45, 7) is -0.0304. The molecular formula is C22H17F3N4O3. The van der Waals surface area contributed by atoms with E-state index in [0.29, 0.717) is 22.5 Å². The third kappa shape index (κ3) is 3.19. The van der Waals surface area contributed by atoms with E-state index in [0.717, 1.165) is 9.95 Å². The summed E-state index contributed by atoms with van der Waals surface area (Å²) in [5, 5.41) is 7.95. The Hall–Kier alpha value is -3.82. The molecule has 0 spiro atoms. The molecule has 0 bridgehead atoms. The number of hydrogen-bond acceptors (Lipinski definition) is 5. The molecule has 32 heavy (non-hydrogen) atoms. The topological polar surface area (TPSA) is 73.4 Å². The van der Waals surface area contributed by atoms with Crippen LogP contribution in [0, 0.1) is 0 Å². The lowest BCUT2D eigenvalue weighted by Gasteiger charge is -2.36. The average molecular weight is 442 g/mol. The van der Waals surface area contributed by atoms with Crippen LogP contribution in [0.4, 0.5) is 13.2 Å². The summed E-state index contributed by atoms with van der Waals surface area (Å²) in [6, 6.07) is 12.9. The Morgan fingerprint density at radius 2 is 1.91 bits per heavy atom. The van der Waals surface area contributed by atoms with Gasteiger partial charge in [0.25, 0.3) is 5.91 Å². The van der Waals surface area contributed by atoms with Crippen LogP contribution in [0.2, 0.25) is 0 Å². The highest BCUT2D eigenvalue weighted by atomic mass is 19.4. The predicted octanol–water partition coefficient (Wildman–Crippen LogP) is 4.30. The number of furan rings is 1. The number of aromatic nitrogens is 3. The van der Waals surface area contributed by atoms with Gasteiger partial charge in [0.1, 0.15) is 17.4 Å². The van der Waals surface area contributed by atoms with Crippen molar-refractivity contribution >= 4 is 16.9 Å². The van der Waals surface area contributed by atoms with Crippen molar-refractivity contribution in [3.8, 4) is 5.75 Å². The molecule has 1 aliphatic heterocycles. The maximum atomic E-state index is 13.6. The van der Waals surface area contributed by atoms with E-state index in [1.807, 2.05) is 0 Å². The molecule has 5 rings (SSSR count). The van der Waals surface area contributed by atoms with Crippen molar-refractivity contribution < 1.29 is 27.1 Å². The van der Waals surface area contributed by atoms with Crippen LogP contribution in [0.15, 0.2) is 59.2 Å². The molecule has 4 aromatic rings. The van der Waals surface area contributed by atoms with Gasteiger partial charge >= 0.3 is 6.18 Å². The van der Waals surface area contributed by atoms with Crippen LogP contribution in [0.5, 0.6) is 5.75 Å². The van der Waals surface area contributed by atoms with Crippen molar-refractivity contribution in [2.75, 3.05) is 13.7 Å². The fourth-order valence-electron chi connectivity index (χ4n) is 4.10. The first-order chi connectivity index (χ1) is 15.4. The Labute approximate surface area is 180 Å². The molecule has 1 amide bonds. The van der Waals surface area contributed by atoms with Gasteiger partial charge in [-0.3, -0.25) is 4.79 Å². The number of benzene rings is 2. The lowest BCUT2D eigenvalue weighted by molar-refractivity contribution is -0.148. The molecule has 7 nitrogen and oxygen atoms in total. The average Bonchev–Trinajstić information content (AvgIpc) is 3.44. The summed E-state index contributed by atoms with van der Waals surface area (Å²) in [7, 11) is 1.49. The first kappa shape index (κ1) is 20.1. The van der Waals surface area contributed by atoms with Crippen molar-refractivity contribution in [1.29, 1.82) is 0 Å². The number of nitrogens with zero attached hydrogens (tertiary/aromatic N) is 4. The van der Waals surface area contributed by atoms with Crippen molar-refractivity contribution in [2.24, 2.45) is 0 Å². The van der Waals surface area contributed by atoms with E-state index < -0.39 is 18.0 Å². The van der Waals surface area contributed by atoms with Crippen molar-refractivity contribution in [3.05, 3.63) is 77.6 Å². The number of carbonyl (C=O) groups is 1. The molecule has 1 aliphatic rings. The smallest absolute Gasteiger partial charge is 0.451 e. The van der Waals surface area contributed by atoms with Crippen LogP contribution in [-0.2, 0) is 12.7 Å². The number of ether oxygens (including phenoxy) is 1. The largest absolute Gasteiger partial charge is 0.496 e. The van der Waals surface area contributed by atoms with E-state index in [9.17, 15) is 18.0 Å². The van der Waals surface area contributed by atoms with Crippen molar-refractivity contribution in [3.63, 3.8) is 0 Å². The van der Waals surface area contributed by atoms with Gasteiger partial charge < -0.3 is 18.6 Å². The second-order valence-corrected chi connectivity index (χ2v) is 7.35. The van der Waals surface area contributed by atoms with E-state index in [4.69, 9.17) is 9.15 Å². The lowest BCUT2D eigenvalue weighted by atomic mass is 10.0. The van der Waals surface area contributed by atoms with Crippen molar-refractivity contribution in [1.82, 2.24) is 19.7 Å². The SMILES string of the molecule is COc1cc(C(=O)N2CCn3c(nnc3C(F)(F)F)C2c2ccccc2)cc2occc12. The number of rotatable bonds is 3. The summed E-state index contributed by atoms with van der Waals surface area (Å²) < 4.78 is 52.2. The Morgan fingerprint density at radius 3 is 2.62 bits per heavy atom. The number of halogens is 3. The zero-order chi connectivity index (χ0) is 22.5. The molecule has 0 fully saturated rings. The molecule has 3 heterocycles. The van der Waals surface area contributed by atoms with Gasteiger partial charge in [-0.2, -0.15) is 13.2 Å².